The molecule has 9 heteroatoms. The van der Waals surface area contributed by atoms with Crippen LogP contribution in [0.4, 0.5) is 16.2 Å². The highest BCUT2D eigenvalue weighted by Crippen LogP contribution is 2.24. The number of hydrogen-bond donors (Lipinski definition) is 2. The molecule has 3 aromatic heterocycles. The van der Waals surface area contributed by atoms with Gasteiger partial charge in [-0.1, -0.05) is 17.7 Å². The van der Waals surface area contributed by atoms with E-state index in [1.165, 1.54) is 12.1 Å². The van der Waals surface area contributed by atoms with Gasteiger partial charge < -0.3 is 11.1 Å². The van der Waals surface area contributed by atoms with E-state index < -0.39 is 5.82 Å². The number of halogens is 2. The van der Waals surface area contributed by atoms with Gasteiger partial charge in [0.1, 0.15) is 17.5 Å². The first-order valence-electron chi connectivity index (χ1n) is 9.55. The first-order chi connectivity index (χ1) is 15.0. The van der Waals surface area contributed by atoms with Crippen LogP contribution < -0.4 is 11.1 Å². The van der Waals surface area contributed by atoms with Gasteiger partial charge in [0.15, 0.2) is 0 Å². The standard InChI is InChI=1S/C22H19ClFN7/c1-13-30-20(15-2-3-18(23)19(24)7-15)8-21(31-13)27-5-4-14-6-16(10-26-9-14)17-11-28-22(25)29-12-17/h2-3,6-12H,4-5H2,1H3,(H2,25,28,29)(H,27,30,31). The Kier molecular flexibility index (Phi) is 5.99. The molecule has 0 saturated heterocycles. The number of pyridine rings is 1. The number of anilines is 2. The van der Waals surface area contributed by atoms with Gasteiger partial charge in [-0.2, -0.15) is 0 Å². The van der Waals surface area contributed by atoms with Crippen LogP contribution in [-0.4, -0.2) is 31.5 Å². The molecular formula is C22H19ClFN7. The second-order valence-electron chi connectivity index (χ2n) is 6.90. The molecule has 3 heterocycles. The van der Waals surface area contributed by atoms with Crippen LogP contribution in [0.25, 0.3) is 22.4 Å². The Morgan fingerprint density at radius 1 is 0.968 bits per heavy atom. The van der Waals surface area contributed by atoms with Gasteiger partial charge >= 0.3 is 0 Å². The zero-order valence-corrected chi connectivity index (χ0v) is 17.4. The molecule has 4 rings (SSSR count). The quantitative estimate of drug-likeness (QED) is 0.464. The predicted molar refractivity (Wildman–Crippen MR) is 119 cm³/mol. The van der Waals surface area contributed by atoms with Crippen LogP contribution in [0.15, 0.2) is 55.1 Å². The summed E-state index contributed by atoms with van der Waals surface area (Å²) in [5.41, 5.74) is 9.62. The summed E-state index contributed by atoms with van der Waals surface area (Å²) < 4.78 is 13.8. The van der Waals surface area contributed by atoms with E-state index in [0.717, 1.165) is 23.1 Å². The van der Waals surface area contributed by atoms with Crippen molar-refractivity contribution in [3.05, 3.63) is 77.3 Å². The highest BCUT2D eigenvalue weighted by Gasteiger charge is 2.08. The molecule has 0 bridgehead atoms. The van der Waals surface area contributed by atoms with Crippen molar-refractivity contribution in [3.8, 4) is 22.4 Å². The molecule has 0 aliphatic heterocycles. The molecule has 1 aromatic carbocycles. The smallest absolute Gasteiger partial charge is 0.219 e. The number of aromatic nitrogens is 5. The maximum absolute atomic E-state index is 13.8. The zero-order chi connectivity index (χ0) is 21.8. The summed E-state index contributed by atoms with van der Waals surface area (Å²) in [6, 6.07) is 8.44. The number of aryl methyl sites for hydroxylation is 1. The number of rotatable bonds is 6. The van der Waals surface area contributed by atoms with Crippen molar-refractivity contribution in [3.63, 3.8) is 0 Å². The summed E-state index contributed by atoms with van der Waals surface area (Å²) in [5.74, 6) is 0.998. The summed E-state index contributed by atoms with van der Waals surface area (Å²) in [6.45, 7) is 2.43. The minimum Gasteiger partial charge on any atom is -0.370 e. The van der Waals surface area contributed by atoms with E-state index in [4.69, 9.17) is 17.3 Å². The van der Waals surface area contributed by atoms with E-state index in [-0.39, 0.29) is 11.0 Å². The van der Waals surface area contributed by atoms with E-state index in [1.807, 2.05) is 12.3 Å². The van der Waals surface area contributed by atoms with Crippen molar-refractivity contribution in [2.75, 3.05) is 17.6 Å². The number of hydrogen-bond acceptors (Lipinski definition) is 7. The van der Waals surface area contributed by atoms with Gasteiger partial charge in [0.25, 0.3) is 0 Å². The van der Waals surface area contributed by atoms with Gasteiger partial charge in [0.05, 0.1) is 10.7 Å². The number of nitrogens with one attached hydrogen (secondary N) is 1. The van der Waals surface area contributed by atoms with Crippen LogP contribution in [0.1, 0.15) is 11.4 Å². The van der Waals surface area contributed by atoms with Gasteiger partial charge in [0.2, 0.25) is 5.95 Å². The van der Waals surface area contributed by atoms with Gasteiger partial charge in [-0.3, -0.25) is 4.98 Å². The molecule has 0 aliphatic carbocycles. The fourth-order valence-corrected chi connectivity index (χ4v) is 3.18. The Morgan fingerprint density at radius 3 is 2.55 bits per heavy atom. The first-order valence-corrected chi connectivity index (χ1v) is 9.92. The first kappa shape index (κ1) is 20.6. The number of nitrogens with two attached hydrogens (primary N) is 1. The molecule has 0 fully saturated rings. The zero-order valence-electron chi connectivity index (χ0n) is 16.7. The Bertz CT molecular complexity index is 1210. The van der Waals surface area contributed by atoms with Crippen LogP contribution in [0.2, 0.25) is 5.02 Å². The van der Waals surface area contributed by atoms with Crippen molar-refractivity contribution >= 4 is 23.4 Å². The van der Waals surface area contributed by atoms with E-state index in [2.05, 4.69) is 30.2 Å². The lowest BCUT2D eigenvalue weighted by Gasteiger charge is -2.10. The normalized spacial score (nSPS) is 10.8. The second-order valence-corrected chi connectivity index (χ2v) is 7.31. The Balaban J connectivity index is 1.45. The number of nitrogen functional groups attached to an aromatic ring is 1. The SMILES string of the molecule is Cc1nc(NCCc2cncc(-c3cnc(N)nc3)c2)cc(-c2ccc(Cl)c(F)c2)n1. The van der Waals surface area contributed by atoms with Crippen LogP contribution in [0.5, 0.6) is 0 Å². The molecule has 4 aromatic rings. The van der Waals surface area contributed by atoms with Crippen LogP contribution >= 0.6 is 11.6 Å². The molecule has 0 spiro atoms. The lowest BCUT2D eigenvalue weighted by Crippen LogP contribution is -2.08. The summed E-state index contributed by atoms with van der Waals surface area (Å²) >= 11 is 5.78. The molecule has 0 unspecified atom stereocenters. The average molecular weight is 436 g/mol. The van der Waals surface area contributed by atoms with E-state index >= 15 is 0 Å². The lowest BCUT2D eigenvalue weighted by molar-refractivity contribution is 0.628. The van der Waals surface area contributed by atoms with Crippen molar-refractivity contribution in [1.82, 2.24) is 24.9 Å². The van der Waals surface area contributed by atoms with Gasteiger partial charge in [-0.15, -0.1) is 0 Å². The Labute approximate surface area is 183 Å². The monoisotopic (exact) mass is 435 g/mol. The van der Waals surface area contributed by atoms with E-state index in [9.17, 15) is 4.39 Å². The van der Waals surface area contributed by atoms with Crippen LogP contribution in [0.3, 0.4) is 0 Å². The molecular weight excluding hydrogens is 417 g/mol. The van der Waals surface area contributed by atoms with Crippen molar-refractivity contribution in [1.29, 1.82) is 0 Å². The summed E-state index contributed by atoms with van der Waals surface area (Å²) in [5, 5.41) is 3.37. The van der Waals surface area contributed by atoms with E-state index in [1.54, 1.807) is 37.6 Å². The van der Waals surface area contributed by atoms with Gasteiger partial charge in [0, 0.05) is 54.1 Å². The molecule has 3 N–H and O–H groups in total. The van der Waals surface area contributed by atoms with E-state index in [0.29, 0.717) is 29.4 Å². The second kappa shape index (κ2) is 9.01. The Hall–Kier alpha value is -3.65. The maximum atomic E-state index is 13.8. The molecule has 0 aliphatic rings. The third-order valence-electron chi connectivity index (χ3n) is 4.57. The lowest BCUT2D eigenvalue weighted by atomic mass is 10.1. The highest BCUT2D eigenvalue weighted by atomic mass is 35.5. The molecule has 156 valence electrons. The molecule has 0 amide bonds. The summed E-state index contributed by atoms with van der Waals surface area (Å²) in [6.07, 6.45) is 7.65. The minimum atomic E-state index is -0.483. The van der Waals surface area contributed by atoms with Crippen molar-refractivity contribution in [2.24, 2.45) is 0 Å². The fourth-order valence-electron chi connectivity index (χ4n) is 3.07. The molecule has 0 radical (unpaired) electrons. The summed E-state index contributed by atoms with van der Waals surface area (Å²) in [7, 11) is 0. The van der Waals surface area contributed by atoms with Crippen molar-refractivity contribution < 1.29 is 4.39 Å². The number of benzene rings is 1. The fraction of sp³-hybridized carbons (Fsp3) is 0.136. The molecule has 31 heavy (non-hydrogen) atoms. The minimum absolute atomic E-state index is 0.0780. The topological polar surface area (TPSA) is 102 Å². The predicted octanol–water partition coefficient (Wildman–Crippen LogP) is 4.33. The molecule has 7 nitrogen and oxygen atoms in total. The Morgan fingerprint density at radius 2 is 1.77 bits per heavy atom. The van der Waals surface area contributed by atoms with Gasteiger partial charge in [-0.05, 0) is 37.1 Å². The third-order valence-corrected chi connectivity index (χ3v) is 4.88. The maximum Gasteiger partial charge on any atom is 0.219 e. The summed E-state index contributed by atoms with van der Waals surface area (Å²) in [4.78, 5) is 21.2. The van der Waals surface area contributed by atoms with Crippen LogP contribution in [-0.2, 0) is 6.42 Å². The third kappa shape index (κ3) is 5.10. The van der Waals surface area contributed by atoms with Gasteiger partial charge in [-0.25, -0.2) is 24.3 Å². The molecule has 0 atom stereocenters. The largest absolute Gasteiger partial charge is 0.370 e. The average Bonchev–Trinajstić information content (AvgIpc) is 2.76. The van der Waals surface area contributed by atoms with Crippen LogP contribution in [0, 0.1) is 12.7 Å². The number of nitrogens with zero attached hydrogens (tertiary/aromatic N) is 5. The van der Waals surface area contributed by atoms with Crippen molar-refractivity contribution in [2.45, 2.75) is 13.3 Å². The highest BCUT2D eigenvalue weighted by molar-refractivity contribution is 6.30. The molecule has 0 saturated carbocycles.